The van der Waals surface area contributed by atoms with Gasteiger partial charge in [-0.1, -0.05) is 46.6 Å². The van der Waals surface area contributed by atoms with Crippen molar-refractivity contribution in [2.45, 2.75) is 11.7 Å². The summed E-state index contributed by atoms with van der Waals surface area (Å²) in [7, 11) is 3.23. The van der Waals surface area contributed by atoms with Crippen LogP contribution in [-0.2, 0) is 9.59 Å². The average molecular weight is 381 g/mol. The Morgan fingerprint density at radius 3 is 2.55 bits per heavy atom. The first-order chi connectivity index (χ1) is 10.3. The zero-order valence-corrected chi connectivity index (χ0v) is 14.8. The van der Waals surface area contributed by atoms with Gasteiger partial charge in [0.1, 0.15) is 5.25 Å². The van der Waals surface area contributed by atoms with Gasteiger partial charge in [0, 0.05) is 20.5 Å². The molecule has 1 heterocycles. The number of amides is 2. The zero-order valence-electron chi connectivity index (χ0n) is 11.7. The number of thioether (sulfide) groups is 1. The number of amidine groups is 1. The topological polar surface area (TPSA) is 61.8 Å². The van der Waals surface area contributed by atoms with Gasteiger partial charge in [-0.25, -0.2) is 0 Å². The molecule has 0 aliphatic carbocycles. The summed E-state index contributed by atoms with van der Waals surface area (Å²) in [6.07, 6.45) is 0.0173. The normalized spacial score (nSPS) is 19.9. The standard InChI is InChI=1S/C13H12Cl3N3O2S/c1-17-13-19(2)12(21)10(22-13)5-11(20)18-9-4-7(15)6(14)3-8(9)16/h3-4,10H,5H2,1-2H3,(H,18,20). The highest BCUT2D eigenvalue weighted by molar-refractivity contribution is 8.15. The van der Waals surface area contributed by atoms with E-state index in [4.69, 9.17) is 34.8 Å². The Kier molecular flexibility index (Phi) is 5.60. The molecule has 0 bridgehead atoms. The van der Waals surface area contributed by atoms with Crippen molar-refractivity contribution in [1.29, 1.82) is 0 Å². The van der Waals surface area contributed by atoms with E-state index in [0.717, 1.165) is 0 Å². The van der Waals surface area contributed by atoms with Gasteiger partial charge in [-0.2, -0.15) is 0 Å². The van der Waals surface area contributed by atoms with Crippen LogP contribution in [0.2, 0.25) is 15.1 Å². The van der Waals surface area contributed by atoms with E-state index in [1.165, 1.54) is 28.8 Å². The van der Waals surface area contributed by atoms with Gasteiger partial charge < -0.3 is 5.32 Å². The van der Waals surface area contributed by atoms with Crippen molar-refractivity contribution in [3.63, 3.8) is 0 Å². The Bertz CT molecular complexity index is 666. The van der Waals surface area contributed by atoms with Crippen molar-refractivity contribution >= 4 is 69.2 Å². The van der Waals surface area contributed by atoms with E-state index >= 15 is 0 Å². The second-order valence-corrected chi connectivity index (χ2v) is 6.90. The van der Waals surface area contributed by atoms with Crippen LogP contribution in [-0.4, -0.2) is 41.2 Å². The molecule has 1 atom stereocenters. The first-order valence-corrected chi connectivity index (χ1v) is 8.20. The molecular formula is C13H12Cl3N3O2S. The lowest BCUT2D eigenvalue weighted by Crippen LogP contribution is -2.30. The fraction of sp³-hybridized carbons (Fsp3) is 0.308. The third-order valence-electron chi connectivity index (χ3n) is 2.99. The minimum absolute atomic E-state index is 0.0173. The summed E-state index contributed by atoms with van der Waals surface area (Å²) in [5.74, 6) is -0.488. The summed E-state index contributed by atoms with van der Waals surface area (Å²) in [6.45, 7) is 0. The largest absolute Gasteiger partial charge is 0.325 e. The van der Waals surface area contributed by atoms with Crippen LogP contribution >= 0.6 is 46.6 Å². The van der Waals surface area contributed by atoms with Gasteiger partial charge in [0.05, 0.1) is 20.8 Å². The lowest BCUT2D eigenvalue weighted by atomic mass is 10.2. The van der Waals surface area contributed by atoms with Gasteiger partial charge in [0.15, 0.2) is 5.17 Å². The maximum absolute atomic E-state index is 12.1. The highest BCUT2D eigenvalue weighted by Crippen LogP contribution is 2.33. The third-order valence-corrected chi connectivity index (χ3v) is 5.34. The van der Waals surface area contributed by atoms with Gasteiger partial charge >= 0.3 is 0 Å². The molecule has 1 aliphatic rings. The van der Waals surface area contributed by atoms with Gasteiger partial charge in [-0.05, 0) is 12.1 Å². The molecule has 5 nitrogen and oxygen atoms in total. The first-order valence-electron chi connectivity index (χ1n) is 6.19. The molecule has 0 saturated carbocycles. The van der Waals surface area contributed by atoms with Crippen LogP contribution in [0.25, 0.3) is 0 Å². The van der Waals surface area contributed by atoms with E-state index in [0.29, 0.717) is 15.9 Å². The molecule has 2 rings (SSSR count). The van der Waals surface area contributed by atoms with Crippen molar-refractivity contribution in [2.75, 3.05) is 19.4 Å². The number of carbonyl (C=O) groups is 2. The minimum atomic E-state index is -0.495. The summed E-state index contributed by atoms with van der Waals surface area (Å²) in [6, 6.07) is 2.92. The smallest absolute Gasteiger partial charge is 0.242 e. The van der Waals surface area contributed by atoms with E-state index in [2.05, 4.69) is 10.3 Å². The number of halogens is 3. The van der Waals surface area contributed by atoms with Crippen molar-refractivity contribution in [2.24, 2.45) is 4.99 Å². The fourth-order valence-electron chi connectivity index (χ4n) is 1.89. The predicted molar refractivity (Wildman–Crippen MR) is 92.2 cm³/mol. The zero-order chi connectivity index (χ0) is 16.4. The number of rotatable bonds is 3. The average Bonchev–Trinajstić information content (AvgIpc) is 2.72. The van der Waals surface area contributed by atoms with E-state index in [9.17, 15) is 9.59 Å². The number of aliphatic imine (C=N–C) groups is 1. The highest BCUT2D eigenvalue weighted by atomic mass is 35.5. The van der Waals surface area contributed by atoms with Gasteiger partial charge in [-0.3, -0.25) is 19.5 Å². The summed E-state index contributed by atoms with van der Waals surface area (Å²) < 4.78 is 0. The lowest BCUT2D eigenvalue weighted by Gasteiger charge is -2.11. The van der Waals surface area contributed by atoms with Crippen LogP contribution in [0.5, 0.6) is 0 Å². The fourth-order valence-corrected chi connectivity index (χ4v) is 3.58. The van der Waals surface area contributed by atoms with E-state index < -0.39 is 5.25 Å². The molecule has 118 valence electrons. The third kappa shape index (κ3) is 3.68. The number of benzene rings is 1. The lowest BCUT2D eigenvalue weighted by molar-refractivity contribution is -0.127. The molecule has 0 radical (unpaired) electrons. The molecule has 1 aromatic rings. The monoisotopic (exact) mass is 379 g/mol. The second kappa shape index (κ2) is 7.08. The molecule has 1 fully saturated rings. The Labute approximate surface area is 147 Å². The van der Waals surface area contributed by atoms with Crippen LogP contribution in [0.3, 0.4) is 0 Å². The number of carbonyl (C=O) groups excluding carboxylic acids is 2. The quantitative estimate of drug-likeness (QED) is 0.816. The number of hydrogen-bond donors (Lipinski definition) is 1. The van der Waals surface area contributed by atoms with E-state index in [1.54, 1.807) is 14.1 Å². The molecule has 1 aromatic carbocycles. The summed E-state index contributed by atoms with van der Waals surface area (Å²) in [5.41, 5.74) is 0.356. The predicted octanol–water partition coefficient (Wildman–Crippen LogP) is 3.54. The van der Waals surface area contributed by atoms with Crippen molar-refractivity contribution < 1.29 is 9.59 Å². The summed E-state index contributed by atoms with van der Waals surface area (Å²) in [5, 5.41) is 3.60. The molecule has 9 heteroatoms. The highest BCUT2D eigenvalue weighted by Gasteiger charge is 2.36. The van der Waals surface area contributed by atoms with Crippen molar-refractivity contribution in [3.05, 3.63) is 27.2 Å². The SMILES string of the molecule is CN=C1SC(CC(=O)Nc2cc(Cl)c(Cl)cc2Cl)C(=O)N1C. The Morgan fingerprint density at radius 2 is 1.95 bits per heavy atom. The van der Waals surface area contributed by atoms with Gasteiger partial charge in [0.2, 0.25) is 11.8 Å². The van der Waals surface area contributed by atoms with Crippen LogP contribution in [0.4, 0.5) is 5.69 Å². The number of nitrogens with zero attached hydrogens (tertiary/aromatic N) is 2. The van der Waals surface area contributed by atoms with E-state index in [-0.39, 0.29) is 28.3 Å². The van der Waals surface area contributed by atoms with E-state index in [1.807, 2.05) is 0 Å². The first kappa shape index (κ1) is 17.4. The van der Waals surface area contributed by atoms with Gasteiger partial charge in [0.25, 0.3) is 0 Å². The Balaban J connectivity index is 2.05. The molecule has 0 aromatic heterocycles. The van der Waals surface area contributed by atoms with Crippen LogP contribution in [0.1, 0.15) is 6.42 Å². The number of nitrogens with one attached hydrogen (secondary N) is 1. The molecule has 1 aliphatic heterocycles. The maximum Gasteiger partial charge on any atom is 0.242 e. The van der Waals surface area contributed by atoms with Crippen LogP contribution in [0.15, 0.2) is 17.1 Å². The summed E-state index contributed by atoms with van der Waals surface area (Å²) in [4.78, 5) is 29.5. The number of hydrogen-bond acceptors (Lipinski definition) is 4. The minimum Gasteiger partial charge on any atom is -0.325 e. The molecule has 2 amide bonds. The summed E-state index contributed by atoms with van der Waals surface area (Å²) >= 11 is 19.0. The van der Waals surface area contributed by atoms with Crippen LogP contribution in [0, 0.1) is 0 Å². The molecule has 1 unspecified atom stereocenters. The molecular weight excluding hydrogens is 369 g/mol. The Hall–Kier alpha value is -0.950. The number of anilines is 1. The van der Waals surface area contributed by atoms with Crippen LogP contribution < -0.4 is 5.32 Å². The van der Waals surface area contributed by atoms with Crippen molar-refractivity contribution in [1.82, 2.24) is 4.90 Å². The van der Waals surface area contributed by atoms with Gasteiger partial charge in [-0.15, -0.1) is 0 Å². The van der Waals surface area contributed by atoms with Crippen molar-refractivity contribution in [3.8, 4) is 0 Å². The Morgan fingerprint density at radius 1 is 1.32 bits per heavy atom. The molecule has 0 spiro atoms. The molecule has 22 heavy (non-hydrogen) atoms. The molecule has 1 saturated heterocycles. The second-order valence-electron chi connectivity index (χ2n) is 4.51. The maximum atomic E-state index is 12.1. The molecule has 1 N–H and O–H groups in total.